The predicted molar refractivity (Wildman–Crippen MR) is 82.8 cm³/mol. The van der Waals surface area contributed by atoms with Gasteiger partial charge in [-0.25, -0.2) is 4.98 Å². The molecule has 0 spiro atoms. The molecule has 0 atom stereocenters. The Morgan fingerprint density at radius 1 is 1.19 bits per heavy atom. The van der Waals surface area contributed by atoms with Gasteiger partial charge in [0.1, 0.15) is 5.82 Å². The zero-order valence-corrected chi connectivity index (χ0v) is 12.6. The van der Waals surface area contributed by atoms with Crippen LogP contribution in [0.3, 0.4) is 0 Å². The number of morpholine rings is 1. The van der Waals surface area contributed by atoms with Gasteiger partial charge in [0.2, 0.25) is 0 Å². The molecule has 21 heavy (non-hydrogen) atoms. The van der Waals surface area contributed by atoms with Gasteiger partial charge in [-0.2, -0.15) is 0 Å². The maximum absolute atomic E-state index is 12.6. The average Bonchev–Trinajstić information content (AvgIpc) is 2.55. The molecule has 0 bridgehead atoms. The first-order chi connectivity index (χ1) is 10.3. The van der Waals surface area contributed by atoms with Gasteiger partial charge in [-0.1, -0.05) is 12.1 Å². The SMILES string of the molecule is O=c1c2ccccc2nc(CCl)n1CCN1CCOCC1. The molecule has 1 saturated heterocycles. The summed E-state index contributed by atoms with van der Waals surface area (Å²) in [6.45, 7) is 4.75. The van der Waals surface area contributed by atoms with E-state index in [0.717, 1.165) is 32.8 Å². The van der Waals surface area contributed by atoms with Crippen LogP contribution >= 0.6 is 11.6 Å². The van der Waals surface area contributed by atoms with Crippen molar-refractivity contribution in [3.8, 4) is 0 Å². The van der Waals surface area contributed by atoms with Crippen molar-refractivity contribution in [2.75, 3.05) is 32.8 Å². The Kier molecular flexibility index (Phi) is 4.53. The van der Waals surface area contributed by atoms with Gasteiger partial charge in [0.05, 0.1) is 30.0 Å². The minimum atomic E-state index is -0.00971. The third-order valence-corrected chi connectivity index (χ3v) is 4.04. The fourth-order valence-corrected chi connectivity index (χ4v) is 2.82. The molecule has 0 saturated carbocycles. The number of nitrogens with zero attached hydrogens (tertiary/aromatic N) is 3. The molecule has 6 heteroatoms. The van der Waals surface area contributed by atoms with Crippen LogP contribution in [0.15, 0.2) is 29.1 Å². The molecule has 1 aliphatic heterocycles. The van der Waals surface area contributed by atoms with Crippen LogP contribution in [0.2, 0.25) is 0 Å². The molecule has 2 heterocycles. The molecular formula is C15H18ClN3O2. The second-order valence-electron chi connectivity index (χ2n) is 5.09. The van der Waals surface area contributed by atoms with Crippen molar-refractivity contribution in [1.29, 1.82) is 0 Å². The van der Waals surface area contributed by atoms with E-state index in [1.165, 1.54) is 0 Å². The van der Waals surface area contributed by atoms with Gasteiger partial charge in [0.25, 0.3) is 5.56 Å². The molecule has 1 aromatic carbocycles. The molecule has 0 radical (unpaired) electrons. The summed E-state index contributed by atoms with van der Waals surface area (Å²) >= 11 is 5.97. The topological polar surface area (TPSA) is 47.4 Å². The average molecular weight is 308 g/mol. The summed E-state index contributed by atoms with van der Waals surface area (Å²) in [7, 11) is 0. The van der Waals surface area contributed by atoms with Crippen molar-refractivity contribution in [3.63, 3.8) is 0 Å². The molecule has 1 aromatic heterocycles. The summed E-state index contributed by atoms with van der Waals surface area (Å²) in [6.07, 6.45) is 0. The number of hydrogen-bond donors (Lipinski definition) is 0. The van der Waals surface area contributed by atoms with E-state index in [1.807, 2.05) is 24.3 Å². The van der Waals surface area contributed by atoms with Crippen molar-refractivity contribution in [1.82, 2.24) is 14.5 Å². The van der Waals surface area contributed by atoms with Crippen molar-refractivity contribution in [2.45, 2.75) is 12.4 Å². The van der Waals surface area contributed by atoms with E-state index in [9.17, 15) is 4.79 Å². The summed E-state index contributed by atoms with van der Waals surface area (Å²) in [6, 6.07) is 7.40. The number of aromatic nitrogens is 2. The Hall–Kier alpha value is -1.43. The van der Waals surface area contributed by atoms with Crippen LogP contribution in [0.4, 0.5) is 0 Å². The highest BCUT2D eigenvalue weighted by Crippen LogP contribution is 2.09. The number of fused-ring (bicyclic) bond motifs is 1. The van der Waals surface area contributed by atoms with Crippen LogP contribution in [0.25, 0.3) is 10.9 Å². The van der Waals surface area contributed by atoms with E-state index in [-0.39, 0.29) is 11.4 Å². The van der Waals surface area contributed by atoms with Crippen LogP contribution in [0.5, 0.6) is 0 Å². The van der Waals surface area contributed by atoms with Gasteiger partial charge in [0, 0.05) is 26.2 Å². The van der Waals surface area contributed by atoms with Crippen molar-refractivity contribution >= 4 is 22.5 Å². The van der Waals surface area contributed by atoms with Gasteiger partial charge >= 0.3 is 0 Å². The number of alkyl halides is 1. The number of benzene rings is 1. The van der Waals surface area contributed by atoms with Gasteiger partial charge in [0.15, 0.2) is 0 Å². The molecule has 1 fully saturated rings. The first kappa shape index (κ1) is 14.5. The molecule has 2 aromatic rings. The molecular weight excluding hydrogens is 290 g/mol. The minimum absolute atomic E-state index is 0.00971. The van der Waals surface area contributed by atoms with E-state index < -0.39 is 0 Å². The lowest BCUT2D eigenvalue weighted by molar-refractivity contribution is 0.0362. The Labute approximate surface area is 128 Å². The van der Waals surface area contributed by atoms with E-state index in [4.69, 9.17) is 16.3 Å². The lowest BCUT2D eigenvalue weighted by atomic mass is 10.2. The normalized spacial score (nSPS) is 16.4. The molecule has 112 valence electrons. The number of rotatable bonds is 4. The quantitative estimate of drug-likeness (QED) is 0.803. The summed E-state index contributed by atoms with van der Waals surface area (Å²) in [5.74, 6) is 0.872. The van der Waals surface area contributed by atoms with E-state index >= 15 is 0 Å². The van der Waals surface area contributed by atoms with Gasteiger partial charge < -0.3 is 4.74 Å². The molecule has 0 unspecified atom stereocenters. The van der Waals surface area contributed by atoms with Crippen LogP contribution in [0, 0.1) is 0 Å². The van der Waals surface area contributed by atoms with Crippen LogP contribution in [-0.2, 0) is 17.2 Å². The zero-order chi connectivity index (χ0) is 14.7. The fraction of sp³-hybridized carbons (Fsp3) is 0.467. The fourth-order valence-electron chi connectivity index (χ4n) is 2.61. The largest absolute Gasteiger partial charge is 0.379 e. The lowest BCUT2D eigenvalue weighted by Crippen LogP contribution is -2.39. The second kappa shape index (κ2) is 6.56. The molecule has 3 rings (SSSR count). The number of para-hydroxylation sites is 1. The first-order valence-corrected chi connectivity index (χ1v) is 7.67. The third kappa shape index (κ3) is 3.10. The van der Waals surface area contributed by atoms with Crippen LogP contribution < -0.4 is 5.56 Å². The second-order valence-corrected chi connectivity index (χ2v) is 5.36. The lowest BCUT2D eigenvalue weighted by Gasteiger charge is -2.27. The number of ether oxygens (including phenoxy) is 1. The highest BCUT2D eigenvalue weighted by Gasteiger charge is 2.13. The maximum Gasteiger partial charge on any atom is 0.261 e. The minimum Gasteiger partial charge on any atom is -0.379 e. The van der Waals surface area contributed by atoms with Gasteiger partial charge in [-0.05, 0) is 12.1 Å². The van der Waals surface area contributed by atoms with Crippen molar-refractivity contribution < 1.29 is 4.74 Å². The third-order valence-electron chi connectivity index (χ3n) is 3.80. The Morgan fingerprint density at radius 3 is 2.71 bits per heavy atom. The summed E-state index contributed by atoms with van der Waals surface area (Å²) in [5, 5.41) is 0.647. The van der Waals surface area contributed by atoms with Crippen LogP contribution in [0.1, 0.15) is 5.82 Å². The standard InChI is InChI=1S/C15H18ClN3O2/c16-11-14-17-13-4-2-1-3-12(13)15(20)19(14)6-5-18-7-9-21-10-8-18/h1-4H,5-11H2. The van der Waals surface area contributed by atoms with E-state index in [1.54, 1.807) is 4.57 Å². The maximum atomic E-state index is 12.6. The Bertz CT molecular complexity index is 680. The molecule has 0 N–H and O–H groups in total. The highest BCUT2D eigenvalue weighted by molar-refractivity contribution is 6.16. The zero-order valence-electron chi connectivity index (χ0n) is 11.8. The molecule has 1 aliphatic rings. The molecule has 0 amide bonds. The number of hydrogen-bond acceptors (Lipinski definition) is 4. The smallest absolute Gasteiger partial charge is 0.261 e. The van der Waals surface area contributed by atoms with Crippen molar-refractivity contribution in [3.05, 3.63) is 40.4 Å². The summed E-state index contributed by atoms with van der Waals surface area (Å²) < 4.78 is 7.03. The molecule has 5 nitrogen and oxygen atoms in total. The van der Waals surface area contributed by atoms with Crippen molar-refractivity contribution in [2.24, 2.45) is 0 Å². The molecule has 0 aliphatic carbocycles. The summed E-state index contributed by atoms with van der Waals surface area (Å²) in [5.41, 5.74) is 0.699. The first-order valence-electron chi connectivity index (χ1n) is 7.14. The Balaban J connectivity index is 1.89. The summed E-state index contributed by atoms with van der Waals surface area (Å²) in [4.78, 5) is 19.4. The Morgan fingerprint density at radius 2 is 1.95 bits per heavy atom. The number of halogens is 1. The van der Waals surface area contributed by atoms with E-state index in [0.29, 0.717) is 23.3 Å². The van der Waals surface area contributed by atoms with E-state index in [2.05, 4.69) is 9.88 Å². The van der Waals surface area contributed by atoms with Crippen LogP contribution in [-0.4, -0.2) is 47.3 Å². The predicted octanol–water partition coefficient (Wildman–Crippen LogP) is 1.47. The van der Waals surface area contributed by atoms with Gasteiger partial charge in [-0.3, -0.25) is 14.3 Å². The highest BCUT2D eigenvalue weighted by atomic mass is 35.5. The monoisotopic (exact) mass is 307 g/mol. The van der Waals surface area contributed by atoms with Gasteiger partial charge in [-0.15, -0.1) is 11.6 Å².